The molecule has 1 aromatic rings. The minimum absolute atomic E-state index is 0.621. The topological polar surface area (TPSA) is 21.9 Å². The minimum atomic E-state index is 0.621. The van der Waals surface area contributed by atoms with Gasteiger partial charge < -0.3 is 5.32 Å². The Morgan fingerprint density at radius 1 is 1.18 bits per heavy atom. The lowest BCUT2D eigenvalue weighted by molar-refractivity contribution is 1.03. The van der Waals surface area contributed by atoms with Crippen LogP contribution in [0.2, 0.25) is 0 Å². The van der Waals surface area contributed by atoms with Crippen LogP contribution in [0.4, 0.5) is 0 Å². The average Bonchev–Trinajstić information content (AvgIpc) is 2.69. The monoisotopic (exact) mass is 147 g/mol. The number of benzene rings is 1. The maximum atomic E-state index is 3.37. The summed E-state index contributed by atoms with van der Waals surface area (Å²) >= 11 is 0. The molecule has 1 aliphatic rings. The highest BCUT2D eigenvalue weighted by molar-refractivity contribution is 5.28. The molecule has 1 aromatic carbocycles. The van der Waals surface area contributed by atoms with E-state index < -0.39 is 0 Å². The van der Waals surface area contributed by atoms with Gasteiger partial charge in [0, 0.05) is 12.1 Å². The van der Waals surface area contributed by atoms with Crippen LogP contribution >= 0.6 is 0 Å². The molecule has 1 N–H and O–H groups in total. The second kappa shape index (κ2) is 2.35. The van der Waals surface area contributed by atoms with Gasteiger partial charge in [-0.05, 0) is 19.4 Å². The third kappa shape index (κ3) is 1.29. The van der Waals surface area contributed by atoms with Gasteiger partial charge in [-0.25, -0.2) is 0 Å². The molecule has 1 fully saturated rings. The Morgan fingerprint density at radius 3 is 2.18 bits per heavy atom. The Bertz CT molecular complexity index is 250. The molecule has 1 saturated heterocycles. The summed E-state index contributed by atoms with van der Waals surface area (Å²) in [5.41, 5.74) is 2.75. The Morgan fingerprint density at radius 2 is 1.73 bits per heavy atom. The van der Waals surface area contributed by atoms with Gasteiger partial charge in [0.05, 0.1) is 0 Å². The van der Waals surface area contributed by atoms with E-state index in [-0.39, 0.29) is 0 Å². The zero-order chi connectivity index (χ0) is 7.84. The van der Waals surface area contributed by atoms with Crippen LogP contribution in [0.25, 0.3) is 0 Å². The minimum Gasteiger partial charge on any atom is -0.304 e. The largest absolute Gasteiger partial charge is 0.304 e. The maximum absolute atomic E-state index is 3.37. The fourth-order valence-electron chi connectivity index (χ4n) is 1.39. The van der Waals surface area contributed by atoms with Gasteiger partial charge in [-0.1, -0.05) is 29.8 Å². The van der Waals surface area contributed by atoms with E-state index in [0.29, 0.717) is 12.1 Å². The summed E-state index contributed by atoms with van der Waals surface area (Å²) in [6.45, 7) is 4.33. The molecule has 0 unspecified atom stereocenters. The highest BCUT2D eigenvalue weighted by Crippen LogP contribution is 2.28. The van der Waals surface area contributed by atoms with Crippen LogP contribution in [-0.2, 0) is 0 Å². The quantitative estimate of drug-likeness (QED) is 0.603. The Labute approximate surface area is 67.4 Å². The first-order valence-electron chi connectivity index (χ1n) is 4.10. The van der Waals surface area contributed by atoms with Crippen molar-refractivity contribution in [3.63, 3.8) is 0 Å². The molecule has 0 spiro atoms. The summed E-state index contributed by atoms with van der Waals surface area (Å²) in [5.74, 6) is 0. The van der Waals surface area contributed by atoms with Crippen LogP contribution in [0.1, 0.15) is 24.1 Å². The molecule has 1 heterocycles. The number of hydrogen-bond acceptors (Lipinski definition) is 1. The van der Waals surface area contributed by atoms with Gasteiger partial charge in [0.15, 0.2) is 0 Å². The van der Waals surface area contributed by atoms with Crippen molar-refractivity contribution in [3.05, 3.63) is 35.4 Å². The normalized spacial score (nSPS) is 28.5. The molecule has 1 heteroatoms. The van der Waals surface area contributed by atoms with Crippen LogP contribution in [-0.4, -0.2) is 6.04 Å². The summed E-state index contributed by atoms with van der Waals surface area (Å²) in [5, 5.41) is 3.37. The maximum Gasteiger partial charge on any atom is 0.0476 e. The van der Waals surface area contributed by atoms with Crippen LogP contribution in [0.15, 0.2) is 24.3 Å². The molecule has 2 rings (SSSR count). The first-order chi connectivity index (χ1) is 5.27. The Hall–Kier alpha value is -0.820. The molecule has 0 bridgehead atoms. The van der Waals surface area contributed by atoms with Crippen LogP contribution in [0, 0.1) is 6.92 Å². The highest BCUT2D eigenvalue weighted by atomic mass is 15.1. The van der Waals surface area contributed by atoms with Crippen molar-refractivity contribution in [2.45, 2.75) is 25.9 Å². The molecule has 1 nitrogen and oxygen atoms in total. The second-order valence-corrected chi connectivity index (χ2v) is 3.34. The van der Waals surface area contributed by atoms with Crippen molar-refractivity contribution >= 4 is 0 Å². The average molecular weight is 147 g/mol. The number of hydrogen-bond donors (Lipinski definition) is 1. The highest BCUT2D eigenvalue weighted by Gasteiger charge is 2.32. The molecule has 0 aromatic heterocycles. The number of aryl methyl sites for hydroxylation is 1. The molecule has 2 atom stereocenters. The van der Waals surface area contributed by atoms with Gasteiger partial charge in [-0.3, -0.25) is 0 Å². The lowest BCUT2D eigenvalue weighted by atomic mass is 10.1. The summed E-state index contributed by atoms with van der Waals surface area (Å²) in [6, 6.07) is 10.0. The summed E-state index contributed by atoms with van der Waals surface area (Å²) in [7, 11) is 0. The standard InChI is InChI=1S/C10H13N/c1-7-3-5-9(6-4-7)10-8(2)11-10/h3-6,8,10-11H,1-2H3/t8-,10-/m0/s1. The second-order valence-electron chi connectivity index (χ2n) is 3.34. The van der Waals surface area contributed by atoms with Crippen molar-refractivity contribution < 1.29 is 0 Å². The molecular formula is C10H13N. The lowest BCUT2D eigenvalue weighted by Gasteiger charge is -1.96. The lowest BCUT2D eigenvalue weighted by Crippen LogP contribution is -1.83. The summed E-state index contributed by atoms with van der Waals surface area (Å²) < 4.78 is 0. The van der Waals surface area contributed by atoms with Crippen molar-refractivity contribution in [2.75, 3.05) is 0 Å². The van der Waals surface area contributed by atoms with Gasteiger partial charge in [0.2, 0.25) is 0 Å². The van der Waals surface area contributed by atoms with E-state index in [1.54, 1.807) is 0 Å². The van der Waals surface area contributed by atoms with Gasteiger partial charge in [0.1, 0.15) is 0 Å². The van der Waals surface area contributed by atoms with Crippen LogP contribution in [0.3, 0.4) is 0 Å². The number of rotatable bonds is 1. The fraction of sp³-hybridized carbons (Fsp3) is 0.400. The molecule has 58 valence electrons. The first-order valence-corrected chi connectivity index (χ1v) is 4.10. The third-order valence-corrected chi connectivity index (χ3v) is 2.27. The smallest absolute Gasteiger partial charge is 0.0476 e. The fourth-order valence-corrected chi connectivity index (χ4v) is 1.39. The summed E-state index contributed by atoms with van der Waals surface area (Å²) in [6.07, 6.45) is 0. The van der Waals surface area contributed by atoms with E-state index in [1.165, 1.54) is 11.1 Å². The van der Waals surface area contributed by atoms with E-state index in [2.05, 4.69) is 43.4 Å². The molecular weight excluding hydrogens is 134 g/mol. The SMILES string of the molecule is Cc1ccc([C@H]2N[C@H]2C)cc1. The van der Waals surface area contributed by atoms with E-state index >= 15 is 0 Å². The zero-order valence-corrected chi connectivity index (χ0v) is 6.96. The molecule has 0 amide bonds. The summed E-state index contributed by atoms with van der Waals surface area (Å²) in [4.78, 5) is 0. The van der Waals surface area contributed by atoms with Crippen molar-refractivity contribution in [1.82, 2.24) is 5.32 Å². The van der Waals surface area contributed by atoms with Gasteiger partial charge >= 0.3 is 0 Å². The van der Waals surface area contributed by atoms with E-state index in [0.717, 1.165) is 0 Å². The molecule has 0 radical (unpaired) electrons. The van der Waals surface area contributed by atoms with E-state index in [9.17, 15) is 0 Å². The Kier molecular flexibility index (Phi) is 1.46. The van der Waals surface area contributed by atoms with Crippen LogP contribution in [0.5, 0.6) is 0 Å². The van der Waals surface area contributed by atoms with Gasteiger partial charge in [-0.2, -0.15) is 0 Å². The van der Waals surface area contributed by atoms with Crippen molar-refractivity contribution in [3.8, 4) is 0 Å². The molecule has 11 heavy (non-hydrogen) atoms. The number of nitrogens with one attached hydrogen (secondary N) is 1. The van der Waals surface area contributed by atoms with E-state index in [1.807, 2.05) is 0 Å². The van der Waals surface area contributed by atoms with E-state index in [4.69, 9.17) is 0 Å². The molecule has 1 aliphatic heterocycles. The van der Waals surface area contributed by atoms with Crippen LogP contribution < -0.4 is 5.32 Å². The third-order valence-electron chi connectivity index (χ3n) is 2.27. The zero-order valence-electron chi connectivity index (χ0n) is 6.96. The predicted molar refractivity (Wildman–Crippen MR) is 46.5 cm³/mol. The predicted octanol–water partition coefficient (Wildman–Crippen LogP) is 2.03. The molecule has 0 aliphatic carbocycles. The molecule has 0 saturated carbocycles. The van der Waals surface area contributed by atoms with Gasteiger partial charge in [-0.15, -0.1) is 0 Å². The van der Waals surface area contributed by atoms with Crippen molar-refractivity contribution in [2.24, 2.45) is 0 Å². The first kappa shape index (κ1) is 6.86. The van der Waals surface area contributed by atoms with Crippen molar-refractivity contribution in [1.29, 1.82) is 0 Å². The van der Waals surface area contributed by atoms with Gasteiger partial charge in [0.25, 0.3) is 0 Å². The Balaban J connectivity index is 2.21.